The number of hydrogen-bond donors (Lipinski definition) is 0. The number of anilines is 1. The van der Waals surface area contributed by atoms with Crippen molar-refractivity contribution in [2.24, 2.45) is 5.92 Å². The number of likely N-dealkylation sites (tertiary alicyclic amines) is 1. The van der Waals surface area contributed by atoms with Crippen LogP contribution in [0.4, 0.5) is 5.69 Å². The Balaban J connectivity index is 1.37. The van der Waals surface area contributed by atoms with Crippen LogP contribution in [-0.4, -0.2) is 53.6 Å². The molecule has 4 rings (SSSR count). The lowest BCUT2D eigenvalue weighted by Gasteiger charge is -2.32. The fraction of sp³-hybridized carbons (Fsp3) is 0.500. The number of carbonyl (C=O) groups is 2. The third-order valence-electron chi connectivity index (χ3n) is 5.54. The first-order chi connectivity index (χ1) is 13.5. The molecule has 8 nitrogen and oxygen atoms in total. The number of nitrogens with zero attached hydrogens (tertiary/aromatic N) is 4. The molecule has 0 bridgehead atoms. The molecule has 2 aliphatic rings. The third kappa shape index (κ3) is 3.58. The van der Waals surface area contributed by atoms with Gasteiger partial charge in [0, 0.05) is 43.7 Å². The number of amides is 2. The predicted molar refractivity (Wildman–Crippen MR) is 101 cm³/mol. The summed E-state index contributed by atoms with van der Waals surface area (Å²) in [5.74, 6) is 1.91. The maximum Gasteiger partial charge on any atom is 0.229 e. The van der Waals surface area contributed by atoms with E-state index < -0.39 is 0 Å². The van der Waals surface area contributed by atoms with E-state index in [1.54, 1.807) is 18.9 Å². The van der Waals surface area contributed by atoms with E-state index in [4.69, 9.17) is 9.26 Å². The summed E-state index contributed by atoms with van der Waals surface area (Å²) in [6, 6.07) is 7.37. The number of hydrogen-bond acceptors (Lipinski definition) is 6. The Labute approximate surface area is 163 Å². The average molecular weight is 384 g/mol. The van der Waals surface area contributed by atoms with Gasteiger partial charge >= 0.3 is 0 Å². The summed E-state index contributed by atoms with van der Waals surface area (Å²) in [4.78, 5) is 33.3. The molecule has 1 atom stereocenters. The van der Waals surface area contributed by atoms with Crippen LogP contribution >= 0.6 is 0 Å². The Morgan fingerprint density at radius 2 is 2.07 bits per heavy atom. The van der Waals surface area contributed by atoms with Crippen LogP contribution in [0.1, 0.15) is 36.9 Å². The molecule has 148 valence electrons. The smallest absolute Gasteiger partial charge is 0.229 e. The lowest BCUT2D eigenvalue weighted by Crippen LogP contribution is -2.42. The van der Waals surface area contributed by atoms with Crippen molar-refractivity contribution in [1.29, 1.82) is 0 Å². The van der Waals surface area contributed by atoms with Crippen LogP contribution in [0, 0.1) is 12.8 Å². The minimum Gasteiger partial charge on any atom is -0.497 e. The largest absolute Gasteiger partial charge is 0.497 e. The molecule has 0 N–H and O–H groups in total. The van der Waals surface area contributed by atoms with Gasteiger partial charge in [-0.15, -0.1) is 0 Å². The first-order valence-corrected chi connectivity index (χ1v) is 9.58. The normalized spacial score (nSPS) is 20.6. The summed E-state index contributed by atoms with van der Waals surface area (Å²) in [7, 11) is 1.59. The fourth-order valence-corrected chi connectivity index (χ4v) is 3.98. The highest BCUT2D eigenvalue weighted by Gasteiger charge is 2.38. The van der Waals surface area contributed by atoms with Gasteiger partial charge in [0.05, 0.1) is 13.0 Å². The lowest BCUT2D eigenvalue weighted by molar-refractivity contribution is -0.136. The minimum atomic E-state index is -0.305. The van der Waals surface area contributed by atoms with Crippen LogP contribution in [0.5, 0.6) is 5.75 Å². The molecule has 0 saturated carbocycles. The van der Waals surface area contributed by atoms with Crippen LogP contribution in [0.25, 0.3) is 0 Å². The molecule has 0 spiro atoms. The van der Waals surface area contributed by atoms with E-state index in [2.05, 4.69) is 10.1 Å². The zero-order chi connectivity index (χ0) is 19.7. The number of rotatable bonds is 4. The summed E-state index contributed by atoms with van der Waals surface area (Å²) < 4.78 is 10.5. The molecule has 28 heavy (non-hydrogen) atoms. The van der Waals surface area contributed by atoms with Gasteiger partial charge in [-0.25, -0.2) is 0 Å². The third-order valence-corrected chi connectivity index (χ3v) is 5.54. The van der Waals surface area contributed by atoms with Gasteiger partial charge < -0.3 is 19.1 Å². The predicted octanol–water partition coefficient (Wildman–Crippen LogP) is 2.15. The Morgan fingerprint density at radius 1 is 1.29 bits per heavy atom. The molecular weight excluding hydrogens is 360 g/mol. The van der Waals surface area contributed by atoms with Crippen LogP contribution in [0.3, 0.4) is 0 Å². The first-order valence-electron chi connectivity index (χ1n) is 9.58. The van der Waals surface area contributed by atoms with E-state index >= 15 is 0 Å². The van der Waals surface area contributed by atoms with Crippen molar-refractivity contribution in [2.45, 2.75) is 32.1 Å². The standard InChI is InChI=1S/C20H24N4O4/c1-13-21-19(28-22-13)14-6-8-23(9-7-14)20(26)15-10-18(25)24(12-15)16-4-3-5-17(11-16)27-2/h3-5,11,14-15H,6-10,12H2,1-2H3. The number of methoxy groups -OCH3 is 1. The summed E-state index contributed by atoms with van der Waals surface area (Å²) in [5.41, 5.74) is 0.769. The van der Waals surface area contributed by atoms with E-state index in [1.807, 2.05) is 29.2 Å². The van der Waals surface area contributed by atoms with Crippen molar-refractivity contribution in [3.63, 3.8) is 0 Å². The van der Waals surface area contributed by atoms with Crippen molar-refractivity contribution >= 4 is 17.5 Å². The summed E-state index contributed by atoms with van der Waals surface area (Å²) >= 11 is 0. The van der Waals surface area contributed by atoms with E-state index in [9.17, 15) is 9.59 Å². The van der Waals surface area contributed by atoms with Crippen molar-refractivity contribution in [3.8, 4) is 5.75 Å². The number of aryl methyl sites for hydroxylation is 1. The zero-order valence-electron chi connectivity index (χ0n) is 16.1. The highest BCUT2D eigenvalue weighted by molar-refractivity contribution is 6.00. The Kier molecular flexibility index (Phi) is 5.02. The monoisotopic (exact) mass is 384 g/mol. The average Bonchev–Trinajstić information content (AvgIpc) is 3.33. The van der Waals surface area contributed by atoms with Gasteiger partial charge in [0.25, 0.3) is 0 Å². The molecule has 0 aliphatic carbocycles. The highest BCUT2D eigenvalue weighted by atomic mass is 16.5. The minimum absolute atomic E-state index is 0.0252. The Hall–Kier alpha value is -2.90. The van der Waals surface area contributed by atoms with E-state index in [0.717, 1.165) is 18.5 Å². The van der Waals surface area contributed by atoms with E-state index in [0.29, 0.717) is 37.1 Å². The molecule has 0 radical (unpaired) electrons. The topological polar surface area (TPSA) is 88.8 Å². The van der Waals surface area contributed by atoms with Crippen LogP contribution in [0.2, 0.25) is 0 Å². The molecule has 2 amide bonds. The first kappa shape index (κ1) is 18.5. The molecule has 3 heterocycles. The number of ether oxygens (including phenoxy) is 1. The van der Waals surface area contributed by atoms with Gasteiger partial charge in [-0.1, -0.05) is 11.2 Å². The maximum absolute atomic E-state index is 13.0. The SMILES string of the molecule is COc1cccc(N2CC(C(=O)N3CCC(c4nc(C)no4)CC3)CC2=O)c1. The quantitative estimate of drug-likeness (QED) is 0.802. The Bertz CT molecular complexity index is 873. The van der Waals surface area contributed by atoms with Crippen molar-refractivity contribution in [2.75, 3.05) is 31.6 Å². The molecule has 2 aliphatic heterocycles. The fourth-order valence-electron chi connectivity index (χ4n) is 3.98. The van der Waals surface area contributed by atoms with Crippen molar-refractivity contribution < 1.29 is 18.8 Å². The van der Waals surface area contributed by atoms with E-state index in [1.165, 1.54) is 0 Å². The zero-order valence-corrected chi connectivity index (χ0v) is 16.1. The highest BCUT2D eigenvalue weighted by Crippen LogP contribution is 2.31. The van der Waals surface area contributed by atoms with Crippen LogP contribution in [0.15, 0.2) is 28.8 Å². The molecule has 2 aromatic rings. The van der Waals surface area contributed by atoms with Gasteiger partial charge in [0.1, 0.15) is 5.75 Å². The number of aromatic nitrogens is 2. The summed E-state index contributed by atoms with van der Waals surface area (Å²) in [5, 5.41) is 3.85. The maximum atomic E-state index is 13.0. The van der Waals surface area contributed by atoms with Crippen LogP contribution in [-0.2, 0) is 9.59 Å². The Morgan fingerprint density at radius 3 is 2.75 bits per heavy atom. The molecule has 2 saturated heterocycles. The lowest BCUT2D eigenvalue weighted by atomic mass is 9.95. The summed E-state index contributed by atoms with van der Waals surface area (Å²) in [6.07, 6.45) is 1.85. The van der Waals surface area contributed by atoms with Gasteiger partial charge in [0.15, 0.2) is 5.82 Å². The molecule has 1 aromatic heterocycles. The second-order valence-electron chi connectivity index (χ2n) is 7.39. The molecule has 1 aromatic carbocycles. The molecule has 8 heteroatoms. The van der Waals surface area contributed by atoms with E-state index in [-0.39, 0.29) is 30.1 Å². The second-order valence-corrected chi connectivity index (χ2v) is 7.39. The van der Waals surface area contributed by atoms with Crippen LogP contribution < -0.4 is 9.64 Å². The van der Waals surface area contributed by atoms with Crippen molar-refractivity contribution in [3.05, 3.63) is 36.0 Å². The summed E-state index contributed by atoms with van der Waals surface area (Å²) in [6.45, 7) is 3.51. The van der Waals surface area contributed by atoms with Gasteiger partial charge in [-0.2, -0.15) is 4.98 Å². The van der Waals surface area contributed by atoms with Crippen molar-refractivity contribution in [1.82, 2.24) is 15.0 Å². The molecule has 1 unspecified atom stereocenters. The number of piperidine rings is 1. The number of carbonyl (C=O) groups excluding carboxylic acids is 2. The van der Waals surface area contributed by atoms with Gasteiger partial charge in [0.2, 0.25) is 17.7 Å². The number of benzene rings is 1. The van der Waals surface area contributed by atoms with Gasteiger partial charge in [-0.05, 0) is 31.9 Å². The second kappa shape index (κ2) is 7.61. The molecular formula is C20H24N4O4. The van der Waals surface area contributed by atoms with Gasteiger partial charge in [-0.3, -0.25) is 9.59 Å². The molecule has 2 fully saturated rings.